The van der Waals surface area contributed by atoms with E-state index in [1.165, 1.54) is 24.3 Å². The van der Waals surface area contributed by atoms with Gasteiger partial charge in [-0.25, -0.2) is 0 Å². The van der Waals surface area contributed by atoms with Crippen LogP contribution in [0.15, 0.2) is 24.3 Å². The van der Waals surface area contributed by atoms with Gasteiger partial charge in [-0.05, 0) is 19.8 Å². The van der Waals surface area contributed by atoms with Crippen LogP contribution in [0.4, 0.5) is 0 Å². The van der Waals surface area contributed by atoms with Gasteiger partial charge in [0.2, 0.25) is 0 Å². The van der Waals surface area contributed by atoms with Crippen LogP contribution < -0.4 is 0 Å². The molecule has 1 unspecified atom stereocenters. The molecule has 0 aromatic heterocycles. The summed E-state index contributed by atoms with van der Waals surface area (Å²) in [7, 11) is 0. The molecule has 12 heteroatoms. The molecule has 2 heterocycles. The summed E-state index contributed by atoms with van der Waals surface area (Å²) < 4.78 is 20.9. The molecule has 12 nitrogen and oxygen atoms in total. The van der Waals surface area contributed by atoms with Gasteiger partial charge >= 0.3 is 11.9 Å². The van der Waals surface area contributed by atoms with Crippen LogP contribution in [0.25, 0.3) is 0 Å². The molecule has 2 aliphatic heterocycles. The Kier molecular flexibility index (Phi) is 11.8. The predicted octanol–water partition coefficient (Wildman–Crippen LogP) is -0.0951. The molecule has 1 atom stereocenters. The average molecular weight is 494 g/mol. The van der Waals surface area contributed by atoms with Crippen LogP contribution >= 0.6 is 0 Å². The van der Waals surface area contributed by atoms with Gasteiger partial charge in [-0.2, -0.15) is 0 Å². The summed E-state index contributed by atoms with van der Waals surface area (Å²) in [5, 5.41) is 0. The number of rotatable bonds is 17. The average Bonchev–Trinajstić information content (AvgIpc) is 3.31. The molecule has 0 saturated heterocycles. The summed E-state index contributed by atoms with van der Waals surface area (Å²) in [6, 6.07) is 0. The molecule has 2 aliphatic rings. The van der Waals surface area contributed by atoms with E-state index in [4.69, 9.17) is 18.9 Å². The van der Waals surface area contributed by atoms with E-state index in [2.05, 4.69) is 0 Å². The summed E-state index contributed by atoms with van der Waals surface area (Å²) >= 11 is 0. The lowest BCUT2D eigenvalue weighted by Crippen LogP contribution is -2.31. The van der Waals surface area contributed by atoms with Crippen molar-refractivity contribution in [1.29, 1.82) is 0 Å². The van der Waals surface area contributed by atoms with Gasteiger partial charge in [-0.1, -0.05) is 0 Å². The molecule has 2 rings (SSSR count). The molecular weight excluding hydrogens is 464 g/mol. The Bertz CT molecular complexity index is 830. The van der Waals surface area contributed by atoms with Crippen molar-refractivity contribution in [2.75, 3.05) is 46.1 Å². The first kappa shape index (κ1) is 27.9. The number of esters is 2. The van der Waals surface area contributed by atoms with Crippen molar-refractivity contribution in [1.82, 2.24) is 9.80 Å². The van der Waals surface area contributed by atoms with Crippen LogP contribution in [0.1, 0.15) is 32.6 Å². The number of hydrogen-bond acceptors (Lipinski definition) is 10. The van der Waals surface area contributed by atoms with Crippen LogP contribution in [-0.2, 0) is 47.7 Å². The number of carbonyl (C=O) groups is 6. The fourth-order valence-electron chi connectivity index (χ4n) is 3.13. The molecule has 4 amide bonds. The van der Waals surface area contributed by atoms with E-state index in [0.717, 1.165) is 9.80 Å². The van der Waals surface area contributed by atoms with Crippen LogP contribution in [0.2, 0.25) is 0 Å². The Morgan fingerprint density at radius 3 is 1.60 bits per heavy atom. The molecule has 0 bridgehead atoms. The second kappa shape index (κ2) is 14.8. The Labute approximate surface area is 202 Å². The van der Waals surface area contributed by atoms with E-state index in [1.807, 2.05) is 0 Å². The van der Waals surface area contributed by atoms with Crippen molar-refractivity contribution in [3.05, 3.63) is 24.3 Å². The topological polar surface area (TPSA) is 146 Å². The standard InChI is InChI=1S/C23H30N2O10/c1-17(33-14-15-35-23(31)5-3-11-25-20(28)8-9-21(25)29)16-32-12-13-34-22(30)4-2-10-24-18(26)6-7-19(24)27/h6-9,17H,2-5,10-16H2,1H3. The minimum Gasteiger partial charge on any atom is -0.463 e. The van der Waals surface area contributed by atoms with Crippen LogP contribution in [0.3, 0.4) is 0 Å². The Balaban J connectivity index is 1.38. The zero-order chi connectivity index (χ0) is 25.6. The summed E-state index contributed by atoms with van der Waals surface area (Å²) in [4.78, 5) is 71.1. The van der Waals surface area contributed by atoms with Crippen molar-refractivity contribution in [2.24, 2.45) is 0 Å². The van der Waals surface area contributed by atoms with Gasteiger partial charge in [0, 0.05) is 50.2 Å². The predicted molar refractivity (Wildman–Crippen MR) is 118 cm³/mol. The van der Waals surface area contributed by atoms with Gasteiger partial charge in [0.1, 0.15) is 13.2 Å². The fourth-order valence-corrected chi connectivity index (χ4v) is 3.13. The lowest BCUT2D eigenvalue weighted by atomic mass is 10.3. The third-order valence-electron chi connectivity index (χ3n) is 4.92. The number of imide groups is 2. The summed E-state index contributed by atoms with van der Waals surface area (Å²) in [6.07, 6.45) is 5.32. The highest BCUT2D eigenvalue weighted by Gasteiger charge is 2.23. The van der Waals surface area contributed by atoms with E-state index in [9.17, 15) is 28.8 Å². The third-order valence-corrected chi connectivity index (χ3v) is 4.92. The minimum atomic E-state index is -0.443. The Morgan fingerprint density at radius 1 is 0.714 bits per heavy atom. The molecule has 0 aromatic carbocycles. The lowest BCUT2D eigenvalue weighted by Gasteiger charge is -2.15. The molecule has 0 N–H and O–H groups in total. The van der Waals surface area contributed by atoms with Crippen LogP contribution in [-0.4, -0.2) is 97.6 Å². The maximum atomic E-state index is 11.7. The Hall–Kier alpha value is -3.38. The molecule has 0 saturated carbocycles. The van der Waals surface area contributed by atoms with Gasteiger partial charge in [0.05, 0.1) is 25.9 Å². The van der Waals surface area contributed by atoms with Crippen LogP contribution in [0, 0.1) is 0 Å². The first-order chi connectivity index (χ1) is 16.8. The highest BCUT2D eigenvalue weighted by Crippen LogP contribution is 2.07. The minimum absolute atomic E-state index is 0.0641. The van der Waals surface area contributed by atoms with E-state index in [1.54, 1.807) is 6.92 Å². The van der Waals surface area contributed by atoms with Crippen molar-refractivity contribution in [3.8, 4) is 0 Å². The first-order valence-electron chi connectivity index (χ1n) is 11.4. The second-order valence-electron chi connectivity index (χ2n) is 7.73. The molecule has 0 fully saturated rings. The van der Waals surface area contributed by atoms with E-state index < -0.39 is 11.9 Å². The molecule has 0 spiro atoms. The van der Waals surface area contributed by atoms with E-state index in [0.29, 0.717) is 12.8 Å². The van der Waals surface area contributed by atoms with Gasteiger partial charge in [0.25, 0.3) is 23.6 Å². The second-order valence-corrected chi connectivity index (χ2v) is 7.73. The lowest BCUT2D eigenvalue weighted by molar-refractivity contribution is -0.148. The van der Waals surface area contributed by atoms with Gasteiger partial charge in [-0.15, -0.1) is 0 Å². The Morgan fingerprint density at radius 2 is 1.14 bits per heavy atom. The highest BCUT2D eigenvalue weighted by atomic mass is 16.6. The zero-order valence-electron chi connectivity index (χ0n) is 19.6. The maximum absolute atomic E-state index is 11.7. The third kappa shape index (κ3) is 10.2. The number of amides is 4. The quantitative estimate of drug-likeness (QED) is 0.153. The number of nitrogens with zero attached hydrogens (tertiary/aromatic N) is 2. The fraction of sp³-hybridized carbons (Fsp3) is 0.565. The summed E-state index contributed by atoms with van der Waals surface area (Å²) in [5.41, 5.74) is 0. The van der Waals surface area contributed by atoms with Gasteiger partial charge in [-0.3, -0.25) is 38.6 Å². The first-order valence-corrected chi connectivity index (χ1v) is 11.4. The van der Waals surface area contributed by atoms with E-state index in [-0.39, 0.29) is 88.7 Å². The molecule has 35 heavy (non-hydrogen) atoms. The largest absolute Gasteiger partial charge is 0.463 e. The summed E-state index contributed by atoms with van der Waals surface area (Å²) in [5.74, 6) is -2.41. The van der Waals surface area contributed by atoms with Crippen molar-refractivity contribution in [2.45, 2.75) is 38.7 Å². The highest BCUT2D eigenvalue weighted by molar-refractivity contribution is 6.13. The van der Waals surface area contributed by atoms with Crippen molar-refractivity contribution < 1.29 is 47.7 Å². The smallest absolute Gasteiger partial charge is 0.305 e. The number of carbonyl (C=O) groups excluding carboxylic acids is 6. The molecule has 0 radical (unpaired) electrons. The zero-order valence-corrected chi connectivity index (χ0v) is 19.6. The van der Waals surface area contributed by atoms with Crippen molar-refractivity contribution >= 4 is 35.6 Å². The van der Waals surface area contributed by atoms with Gasteiger partial charge in [0.15, 0.2) is 0 Å². The molecule has 192 valence electrons. The normalized spacial score (nSPS) is 15.9. The molecule has 0 aliphatic carbocycles. The summed E-state index contributed by atoms with van der Waals surface area (Å²) in [6.45, 7) is 2.85. The van der Waals surface area contributed by atoms with Gasteiger partial charge < -0.3 is 18.9 Å². The molecular formula is C23H30N2O10. The number of hydrogen-bond donors (Lipinski definition) is 0. The maximum Gasteiger partial charge on any atom is 0.305 e. The SMILES string of the molecule is CC(COCCOC(=O)CCCN1C(=O)C=CC1=O)OCCOC(=O)CCCN1C(=O)C=CC1=O. The monoisotopic (exact) mass is 494 g/mol. The van der Waals surface area contributed by atoms with Crippen LogP contribution in [0.5, 0.6) is 0 Å². The molecule has 0 aromatic rings. The number of ether oxygens (including phenoxy) is 4. The van der Waals surface area contributed by atoms with Crippen molar-refractivity contribution in [3.63, 3.8) is 0 Å². The van der Waals surface area contributed by atoms with E-state index >= 15 is 0 Å².